The van der Waals surface area contributed by atoms with Crippen molar-refractivity contribution in [3.8, 4) is 6.07 Å². The van der Waals surface area contributed by atoms with E-state index < -0.39 is 0 Å². The van der Waals surface area contributed by atoms with Gasteiger partial charge in [-0.3, -0.25) is 0 Å². The molecule has 0 aromatic heterocycles. The standard InChI is InChI=1S/C12H22N2/c1-4-5-11(2,3)9-14-10-12(8-13)6-7-12/h14H,4-7,9-10H2,1-3H3. The predicted octanol–water partition coefficient (Wildman–Crippen LogP) is 2.71. The highest BCUT2D eigenvalue weighted by molar-refractivity contribution is 5.11. The minimum absolute atomic E-state index is 0.00228. The fourth-order valence-corrected chi connectivity index (χ4v) is 1.88. The third-order valence-electron chi connectivity index (χ3n) is 3.08. The summed E-state index contributed by atoms with van der Waals surface area (Å²) in [5, 5.41) is 12.3. The van der Waals surface area contributed by atoms with Gasteiger partial charge in [0.1, 0.15) is 0 Å². The van der Waals surface area contributed by atoms with Gasteiger partial charge >= 0.3 is 0 Å². The van der Waals surface area contributed by atoms with Crippen molar-refractivity contribution < 1.29 is 0 Å². The Bertz CT molecular complexity index is 221. The summed E-state index contributed by atoms with van der Waals surface area (Å²) in [6, 6.07) is 2.41. The van der Waals surface area contributed by atoms with Gasteiger partial charge in [-0.25, -0.2) is 0 Å². The lowest BCUT2D eigenvalue weighted by Crippen LogP contribution is -2.33. The molecule has 1 rings (SSSR count). The van der Waals surface area contributed by atoms with Gasteiger partial charge in [0.25, 0.3) is 0 Å². The molecule has 0 radical (unpaired) electrons. The average Bonchev–Trinajstić information content (AvgIpc) is 2.85. The Labute approximate surface area is 87.7 Å². The summed E-state index contributed by atoms with van der Waals surface area (Å²) in [5.74, 6) is 0. The second-order valence-corrected chi connectivity index (χ2v) is 5.41. The van der Waals surface area contributed by atoms with Gasteiger partial charge in [0.2, 0.25) is 0 Å². The van der Waals surface area contributed by atoms with Crippen molar-refractivity contribution in [1.29, 1.82) is 5.26 Å². The van der Waals surface area contributed by atoms with E-state index in [-0.39, 0.29) is 5.41 Å². The first-order valence-electron chi connectivity index (χ1n) is 5.66. The molecule has 0 atom stereocenters. The maximum Gasteiger partial charge on any atom is 0.0703 e. The molecular formula is C12H22N2. The molecule has 0 aromatic rings. The number of nitrogens with zero attached hydrogens (tertiary/aromatic N) is 1. The molecule has 1 fully saturated rings. The first-order valence-corrected chi connectivity index (χ1v) is 5.66. The number of nitriles is 1. The van der Waals surface area contributed by atoms with E-state index in [4.69, 9.17) is 5.26 Å². The van der Waals surface area contributed by atoms with Crippen LogP contribution in [0.2, 0.25) is 0 Å². The van der Waals surface area contributed by atoms with Gasteiger partial charge in [-0.2, -0.15) is 5.26 Å². The van der Waals surface area contributed by atoms with Gasteiger partial charge in [-0.1, -0.05) is 27.2 Å². The van der Waals surface area contributed by atoms with Crippen molar-refractivity contribution in [3.63, 3.8) is 0 Å². The molecule has 0 heterocycles. The summed E-state index contributed by atoms with van der Waals surface area (Å²) < 4.78 is 0. The molecule has 2 heteroatoms. The van der Waals surface area contributed by atoms with Crippen LogP contribution >= 0.6 is 0 Å². The lowest BCUT2D eigenvalue weighted by Gasteiger charge is -2.25. The third-order valence-corrected chi connectivity index (χ3v) is 3.08. The van der Waals surface area contributed by atoms with Crippen molar-refractivity contribution in [2.45, 2.75) is 46.5 Å². The van der Waals surface area contributed by atoms with Gasteiger partial charge in [-0.15, -0.1) is 0 Å². The summed E-state index contributed by atoms with van der Waals surface area (Å²) in [7, 11) is 0. The van der Waals surface area contributed by atoms with Gasteiger partial charge in [0.15, 0.2) is 0 Å². The topological polar surface area (TPSA) is 35.8 Å². The van der Waals surface area contributed by atoms with Crippen molar-refractivity contribution in [1.82, 2.24) is 5.32 Å². The molecule has 1 aliphatic rings. The quantitative estimate of drug-likeness (QED) is 0.705. The summed E-state index contributed by atoms with van der Waals surface area (Å²) in [5.41, 5.74) is 0.378. The first-order chi connectivity index (χ1) is 6.54. The second-order valence-electron chi connectivity index (χ2n) is 5.41. The van der Waals surface area contributed by atoms with Crippen LogP contribution < -0.4 is 5.32 Å². The van der Waals surface area contributed by atoms with Crippen LogP contribution in [0.15, 0.2) is 0 Å². The number of hydrogen-bond acceptors (Lipinski definition) is 2. The highest BCUT2D eigenvalue weighted by Gasteiger charge is 2.42. The summed E-state index contributed by atoms with van der Waals surface area (Å²) in [4.78, 5) is 0. The van der Waals surface area contributed by atoms with Crippen LogP contribution in [0.5, 0.6) is 0 Å². The Hall–Kier alpha value is -0.550. The third kappa shape index (κ3) is 3.31. The molecule has 0 aromatic carbocycles. The van der Waals surface area contributed by atoms with Crippen molar-refractivity contribution in [2.24, 2.45) is 10.8 Å². The molecule has 0 unspecified atom stereocenters. The van der Waals surface area contributed by atoms with E-state index in [2.05, 4.69) is 32.2 Å². The largest absolute Gasteiger partial charge is 0.315 e. The monoisotopic (exact) mass is 194 g/mol. The van der Waals surface area contributed by atoms with Crippen LogP contribution in [0, 0.1) is 22.2 Å². The lowest BCUT2D eigenvalue weighted by atomic mass is 9.88. The van der Waals surface area contributed by atoms with Crippen LogP contribution in [0.4, 0.5) is 0 Å². The van der Waals surface area contributed by atoms with E-state index in [1.54, 1.807) is 0 Å². The Morgan fingerprint density at radius 2 is 2.07 bits per heavy atom. The van der Waals surface area contributed by atoms with E-state index >= 15 is 0 Å². The van der Waals surface area contributed by atoms with Crippen LogP contribution in [-0.2, 0) is 0 Å². The summed E-state index contributed by atoms with van der Waals surface area (Å²) in [6.45, 7) is 8.71. The Morgan fingerprint density at radius 3 is 2.50 bits per heavy atom. The molecule has 0 spiro atoms. The Balaban J connectivity index is 2.18. The van der Waals surface area contributed by atoms with E-state index in [1.807, 2.05) is 0 Å². The van der Waals surface area contributed by atoms with Gasteiger partial charge in [-0.05, 0) is 24.7 Å². The molecule has 1 saturated carbocycles. The zero-order valence-corrected chi connectivity index (χ0v) is 9.69. The zero-order valence-electron chi connectivity index (χ0n) is 9.69. The molecule has 14 heavy (non-hydrogen) atoms. The normalized spacial score (nSPS) is 19.0. The average molecular weight is 194 g/mol. The molecule has 1 N–H and O–H groups in total. The van der Waals surface area contributed by atoms with Crippen LogP contribution in [0.1, 0.15) is 46.5 Å². The van der Waals surface area contributed by atoms with Crippen LogP contribution in [0.3, 0.4) is 0 Å². The molecule has 0 aliphatic heterocycles. The highest BCUT2D eigenvalue weighted by atomic mass is 14.9. The number of hydrogen-bond donors (Lipinski definition) is 1. The fourth-order valence-electron chi connectivity index (χ4n) is 1.88. The summed E-state index contributed by atoms with van der Waals surface area (Å²) >= 11 is 0. The van der Waals surface area contributed by atoms with Crippen LogP contribution in [-0.4, -0.2) is 13.1 Å². The smallest absolute Gasteiger partial charge is 0.0703 e. The molecule has 0 saturated heterocycles. The van der Waals surface area contributed by atoms with Gasteiger partial charge < -0.3 is 5.32 Å². The van der Waals surface area contributed by atoms with Crippen LogP contribution in [0.25, 0.3) is 0 Å². The van der Waals surface area contributed by atoms with Crippen molar-refractivity contribution in [2.75, 3.05) is 13.1 Å². The Morgan fingerprint density at radius 1 is 1.43 bits per heavy atom. The van der Waals surface area contributed by atoms with Crippen molar-refractivity contribution >= 4 is 0 Å². The van der Waals surface area contributed by atoms with Gasteiger partial charge in [0.05, 0.1) is 11.5 Å². The highest BCUT2D eigenvalue weighted by Crippen LogP contribution is 2.44. The molecule has 80 valence electrons. The first kappa shape index (κ1) is 11.5. The second kappa shape index (κ2) is 4.31. The van der Waals surface area contributed by atoms with E-state index in [9.17, 15) is 0 Å². The number of nitrogens with one attached hydrogen (secondary N) is 1. The van der Waals surface area contributed by atoms with E-state index in [0.29, 0.717) is 5.41 Å². The Kier molecular flexibility index (Phi) is 3.55. The summed E-state index contributed by atoms with van der Waals surface area (Å²) in [6.07, 6.45) is 4.66. The van der Waals surface area contributed by atoms with Crippen molar-refractivity contribution in [3.05, 3.63) is 0 Å². The molecule has 0 bridgehead atoms. The minimum atomic E-state index is 0.00228. The SMILES string of the molecule is CCCC(C)(C)CNCC1(C#N)CC1. The van der Waals surface area contributed by atoms with E-state index in [1.165, 1.54) is 12.8 Å². The maximum absolute atomic E-state index is 8.90. The molecular weight excluding hydrogens is 172 g/mol. The number of rotatable bonds is 6. The molecule has 2 nitrogen and oxygen atoms in total. The minimum Gasteiger partial charge on any atom is -0.315 e. The fraction of sp³-hybridized carbons (Fsp3) is 0.917. The van der Waals surface area contributed by atoms with Gasteiger partial charge in [0, 0.05) is 13.1 Å². The lowest BCUT2D eigenvalue weighted by molar-refractivity contribution is 0.305. The predicted molar refractivity (Wildman–Crippen MR) is 58.8 cm³/mol. The van der Waals surface area contributed by atoms with E-state index in [0.717, 1.165) is 25.9 Å². The molecule has 0 amide bonds. The zero-order chi connectivity index (χ0) is 10.7. The molecule has 1 aliphatic carbocycles. The maximum atomic E-state index is 8.90.